The van der Waals surface area contributed by atoms with E-state index in [0.717, 1.165) is 0 Å². The van der Waals surface area contributed by atoms with Gasteiger partial charge in [0.1, 0.15) is 0 Å². The zero-order valence-corrected chi connectivity index (χ0v) is 11.2. The maximum absolute atomic E-state index is 11.4. The SMILES string of the molecule is CC.CCNC(=O)N1CCN(C(=O)OC)CC1. The van der Waals surface area contributed by atoms with Crippen LogP contribution in [0.15, 0.2) is 0 Å². The van der Waals surface area contributed by atoms with E-state index in [1.165, 1.54) is 7.11 Å². The normalized spacial score (nSPS) is 14.6. The number of methoxy groups -OCH3 is 1. The number of nitrogens with one attached hydrogen (secondary N) is 1. The highest BCUT2D eigenvalue weighted by atomic mass is 16.5. The molecule has 0 saturated carbocycles. The number of ether oxygens (including phenoxy) is 1. The van der Waals surface area contributed by atoms with E-state index in [-0.39, 0.29) is 12.1 Å². The summed E-state index contributed by atoms with van der Waals surface area (Å²) in [5.41, 5.74) is 0. The van der Waals surface area contributed by atoms with Crippen LogP contribution >= 0.6 is 0 Å². The van der Waals surface area contributed by atoms with Crippen molar-refractivity contribution in [2.75, 3.05) is 39.8 Å². The molecule has 17 heavy (non-hydrogen) atoms. The highest BCUT2D eigenvalue weighted by Gasteiger charge is 2.23. The summed E-state index contributed by atoms with van der Waals surface area (Å²) in [6.45, 7) is 8.67. The zero-order chi connectivity index (χ0) is 13.3. The van der Waals surface area contributed by atoms with Crippen molar-refractivity contribution in [1.82, 2.24) is 15.1 Å². The quantitative estimate of drug-likeness (QED) is 0.753. The lowest BCUT2D eigenvalue weighted by Gasteiger charge is -2.33. The average molecular weight is 245 g/mol. The van der Waals surface area contributed by atoms with Crippen LogP contribution in [0.1, 0.15) is 20.8 Å². The minimum absolute atomic E-state index is 0.0676. The standard InChI is InChI=1S/C9H17N3O3.C2H6/c1-3-10-8(13)11-4-6-12(7-5-11)9(14)15-2;1-2/h3-7H2,1-2H3,(H,10,13);1-2H3. The molecule has 100 valence electrons. The van der Waals surface area contributed by atoms with Gasteiger partial charge in [0.2, 0.25) is 0 Å². The molecule has 0 radical (unpaired) electrons. The molecule has 1 fully saturated rings. The van der Waals surface area contributed by atoms with Crippen molar-refractivity contribution in [2.24, 2.45) is 0 Å². The lowest BCUT2D eigenvalue weighted by atomic mass is 10.3. The Bertz CT molecular complexity index is 238. The summed E-state index contributed by atoms with van der Waals surface area (Å²) in [5, 5.41) is 2.73. The molecule has 0 spiro atoms. The first-order valence-electron chi connectivity index (χ1n) is 6.04. The van der Waals surface area contributed by atoms with Gasteiger partial charge in [-0.1, -0.05) is 13.8 Å². The molecule has 0 aromatic rings. The Labute approximate surface area is 103 Å². The molecule has 1 aliphatic heterocycles. The van der Waals surface area contributed by atoms with Gasteiger partial charge in [0.25, 0.3) is 0 Å². The van der Waals surface area contributed by atoms with Gasteiger partial charge in [-0.3, -0.25) is 0 Å². The summed E-state index contributed by atoms with van der Waals surface area (Å²) in [6, 6.07) is -0.0676. The number of hydrogen-bond donors (Lipinski definition) is 1. The van der Waals surface area contributed by atoms with E-state index in [1.54, 1.807) is 9.80 Å². The first-order valence-corrected chi connectivity index (χ1v) is 6.04. The highest BCUT2D eigenvalue weighted by Crippen LogP contribution is 2.03. The van der Waals surface area contributed by atoms with Crippen LogP contribution in [0.2, 0.25) is 0 Å². The first-order chi connectivity index (χ1) is 8.19. The molecule has 1 rings (SSSR count). The largest absolute Gasteiger partial charge is 0.453 e. The van der Waals surface area contributed by atoms with Gasteiger partial charge in [-0.2, -0.15) is 0 Å². The molecule has 1 aliphatic rings. The van der Waals surface area contributed by atoms with Crippen LogP contribution in [-0.2, 0) is 4.74 Å². The van der Waals surface area contributed by atoms with Crippen LogP contribution in [-0.4, -0.2) is 61.8 Å². The second kappa shape index (κ2) is 8.66. The Kier molecular flexibility index (Phi) is 7.92. The molecule has 0 unspecified atom stereocenters. The molecular weight excluding hydrogens is 222 g/mol. The summed E-state index contributed by atoms with van der Waals surface area (Å²) in [6.07, 6.45) is -0.328. The number of urea groups is 1. The molecule has 6 heteroatoms. The summed E-state index contributed by atoms with van der Waals surface area (Å²) in [4.78, 5) is 25.9. The summed E-state index contributed by atoms with van der Waals surface area (Å²) >= 11 is 0. The molecule has 3 amide bonds. The lowest BCUT2D eigenvalue weighted by molar-refractivity contribution is 0.0972. The van der Waals surface area contributed by atoms with Crippen molar-refractivity contribution >= 4 is 12.1 Å². The van der Waals surface area contributed by atoms with E-state index in [4.69, 9.17) is 0 Å². The van der Waals surface area contributed by atoms with Crippen molar-refractivity contribution in [3.8, 4) is 0 Å². The number of hydrogen-bond acceptors (Lipinski definition) is 3. The molecule has 1 N–H and O–H groups in total. The molecule has 6 nitrogen and oxygen atoms in total. The van der Waals surface area contributed by atoms with Gasteiger partial charge in [-0.25, -0.2) is 9.59 Å². The molecule has 1 saturated heterocycles. The van der Waals surface area contributed by atoms with Crippen molar-refractivity contribution in [3.63, 3.8) is 0 Å². The molecule has 0 aromatic carbocycles. The Balaban J connectivity index is 0.00000121. The second-order valence-electron chi connectivity index (χ2n) is 3.28. The fraction of sp³-hybridized carbons (Fsp3) is 0.818. The van der Waals surface area contributed by atoms with Crippen LogP contribution in [0.25, 0.3) is 0 Å². The number of piperazine rings is 1. The van der Waals surface area contributed by atoms with E-state index in [0.29, 0.717) is 32.7 Å². The Morgan fingerprint density at radius 2 is 1.59 bits per heavy atom. The minimum atomic E-state index is -0.328. The van der Waals surface area contributed by atoms with Gasteiger partial charge in [0, 0.05) is 32.7 Å². The molecular formula is C11H23N3O3. The molecule has 0 aromatic heterocycles. The maximum Gasteiger partial charge on any atom is 0.409 e. The Morgan fingerprint density at radius 3 is 2.00 bits per heavy atom. The Morgan fingerprint density at radius 1 is 1.12 bits per heavy atom. The van der Waals surface area contributed by atoms with Crippen LogP contribution in [0.3, 0.4) is 0 Å². The molecule has 0 atom stereocenters. The lowest BCUT2D eigenvalue weighted by Crippen LogP contribution is -2.53. The van der Waals surface area contributed by atoms with Gasteiger partial charge in [0.05, 0.1) is 7.11 Å². The van der Waals surface area contributed by atoms with E-state index in [2.05, 4.69) is 10.1 Å². The smallest absolute Gasteiger partial charge is 0.409 e. The Hall–Kier alpha value is -1.46. The average Bonchev–Trinajstić information content (AvgIpc) is 2.40. The third-order valence-electron chi connectivity index (χ3n) is 2.33. The fourth-order valence-corrected chi connectivity index (χ4v) is 1.48. The predicted octanol–water partition coefficient (Wildman–Crippen LogP) is 1.13. The van der Waals surface area contributed by atoms with Gasteiger partial charge < -0.3 is 19.9 Å². The van der Waals surface area contributed by atoms with Crippen LogP contribution in [0.5, 0.6) is 0 Å². The maximum atomic E-state index is 11.4. The van der Waals surface area contributed by atoms with E-state index < -0.39 is 0 Å². The summed E-state index contributed by atoms with van der Waals surface area (Å²) < 4.78 is 4.60. The number of rotatable bonds is 1. The van der Waals surface area contributed by atoms with E-state index >= 15 is 0 Å². The van der Waals surface area contributed by atoms with E-state index in [9.17, 15) is 9.59 Å². The van der Waals surface area contributed by atoms with Crippen molar-refractivity contribution in [2.45, 2.75) is 20.8 Å². The zero-order valence-electron chi connectivity index (χ0n) is 11.2. The number of carbonyl (C=O) groups excluding carboxylic acids is 2. The molecule has 0 bridgehead atoms. The van der Waals surface area contributed by atoms with Crippen LogP contribution in [0.4, 0.5) is 9.59 Å². The van der Waals surface area contributed by atoms with E-state index in [1.807, 2.05) is 20.8 Å². The summed E-state index contributed by atoms with van der Waals surface area (Å²) in [5.74, 6) is 0. The highest BCUT2D eigenvalue weighted by molar-refractivity contribution is 5.74. The first kappa shape index (κ1) is 15.5. The van der Waals surface area contributed by atoms with Crippen LogP contribution in [0, 0.1) is 0 Å². The second-order valence-corrected chi connectivity index (χ2v) is 3.28. The monoisotopic (exact) mass is 245 g/mol. The third-order valence-corrected chi connectivity index (χ3v) is 2.33. The number of nitrogens with zero attached hydrogens (tertiary/aromatic N) is 2. The van der Waals surface area contributed by atoms with Gasteiger partial charge in [-0.15, -0.1) is 0 Å². The van der Waals surface area contributed by atoms with Gasteiger partial charge in [0.15, 0.2) is 0 Å². The summed E-state index contributed by atoms with van der Waals surface area (Å²) in [7, 11) is 1.36. The van der Waals surface area contributed by atoms with Gasteiger partial charge >= 0.3 is 12.1 Å². The third kappa shape index (κ3) is 4.93. The topological polar surface area (TPSA) is 61.9 Å². The minimum Gasteiger partial charge on any atom is -0.453 e. The van der Waals surface area contributed by atoms with Crippen molar-refractivity contribution in [1.29, 1.82) is 0 Å². The number of amides is 3. The van der Waals surface area contributed by atoms with Crippen molar-refractivity contribution < 1.29 is 14.3 Å². The molecule has 1 heterocycles. The number of carbonyl (C=O) groups is 2. The van der Waals surface area contributed by atoms with Gasteiger partial charge in [-0.05, 0) is 6.92 Å². The predicted molar refractivity (Wildman–Crippen MR) is 66.0 cm³/mol. The molecule has 0 aliphatic carbocycles. The van der Waals surface area contributed by atoms with Crippen molar-refractivity contribution in [3.05, 3.63) is 0 Å². The fourth-order valence-electron chi connectivity index (χ4n) is 1.48. The van der Waals surface area contributed by atoms with Crippen LogP contribution < -0.4 is 5.32 Å².